The van der Waals surface area contributed by atoms with E-state index in [1.807, 2.05) is 19.9 Å². The van der Waals surface area contributed by atoms with Gasteiger partial charge in [-0.1, -0.05) is 6.07 Å². The van der Waals surface area contributed by atoms with Crippen molar-refractivity contribution in [3.05, 3.63) is 29.3 Å². The van der Waals surface area contributed by atoms with Gasteiger partial charge in [0.15, 0.2) is 0 Å². The Balaban J connectivity index is 1.78. The SMILES string of the molecule is CCOc1cc(C(=O)N2C[C@H](C(=O)O)[C@@H](C3CC3)C2)ccc1C. The summed E-state index contributed by atoms with van der Waals surface area (Å²) in [6.07, 6.45) is 2.19. The molecule has 0 unspecified atom stereocenters. The number of likely N-dealkylation sites (tertiary alicyclic amines) is 1. The largest absolute Gasteiger partial charge is 0.494 e. The lowest BCUT2D eigenvalue weighted by atomic mass is 9.92. The van der Waals surface area contributed by atoms with Crippen LogP contribution in [0.1, 0.15) is 35.7 Å². The van der Waals surface area contributed by atoms with E-state index >= 15 is 0 Å². The Labute approximate surface area is 136 Å². The molecule has 23 heavy (non-hydrogen) atoms. The van der Waals surface area contributed by atoms with Crippen molar-refractivity contribution in [3.8, 4) is 5.75 Å². The first-order chi connectivity index (χ1) is 11.0. The van der Waals surface area contributed by atoms with Crippen molar-refractivity contribution in [3.63, 3.8) is 0 Å². The Morgan fingerprint density at radius 2 is 2.04 bits per heavy atom. The highest BCUT2D eigenvalue weighted by Crippen LogP contribution is 2.44. The lowest BCUT2D eigenvalue weighted by Crippen LogP contribution is -2.30. The summed E-state index contributed by atoms with van der Waals surface area (Å²) in [5.41, 5.74) is 1.56. The van der Waals surface area contributed by atoms with E-state index in [9.17, 15) is 14.7 Å². The van der Waals surface area contributed by atoms with E-state index in [1.165, 1.54) is 0 Å². The van der Waals surface area contributed by atoms with Gasteiger partial charge in [0.2, 0.25) is 0 Å². The van der Waals surface area contributed by atoms with Gasteiger partial charge in [-0.05, 0) is 56.2 Å². The van der Waals surface area contributed by atoms with Crippen molar-refractivity contribution >= 4 is 11.9 Å². The van der Waals surface area contributed by atoms with Crippen molar-refractivity contribution in [1.29, 1.82) is 0 Å². The van der Waals surface area contributed by atoms with Gasteiger partial charge >= 0.3 is 5.97 Å². The first kappa shape index (κ1) is 15.8. The summed E-state index contributed by atoms with van der Waals surface area (Å²) in [6, 6.07) is 5.43. The number of rotatable bonds is 5. The second-order valence-corrected chi connectivity index (χ2v) is 6.57. The number of benzene rings is 1. The quantitative estimate of drug-likeness (QED) is 0.906. The van der Waals surface area contributed by atoms with E-state index in [0.717, 1.165) is 18.4 Å². The van der Waals surface area contributed by atoms with Crippen LogP contribution in [0.15, 0.2) is 18.2 Å². The van der Waals surface area contributed by atoms with Gasteiger partial charge in [-0.25, -0.2) is 0 Å². The predicted octanol–water partition coefficient (Wildman–Crippen LogP) is 2.58. The average Bonchev–Trinajstić information content (AvgIpc) is 3.27. The van der Waals surface area contributed by atoms with Crippen LogP contribution < -0.4 is 4.74 Å². The predicted molar refractivity (Wildman–Crippen MR) is 85.6 cm³/mol. The Morgan fingerprint density at radius 3 is 2.65 bits per heavy atom. The van der Waals surface area contributed by atoms with Crippen LogP contribution in [0.2, 0.25) is 0 Å². The van der Waals surface area contributed by atoms with Crippen molar-refractivity contribution in [1.82, 2.24) is 4.90 Å². The van der Waals surface area contributed by atoms with Gasteiger partial charge in [0.25, 0.3) is 5.91 Å². The normalized spacial score (nSPS) is 23.8. The zero-order valence-corrected chi connectivity index (χ0v) is 13.6. The van der Waals surface area contributed by atoms with Gasteiger partial charge < -0.3 is 14.7 Å². The van der Waals surface area contributed by atoms with Crippen molar-refractivity contribution in [2.45, 2.75) is 26.7 Å². The van der Waals surface area contributed by atoms with Crippen molar-refractivity contribution in [2.24, 2.45) is 17.8 Å². The number of aliphatic carboxylic acids is 1. The number of hydrogen-bond donors (Lipinski definition) is 1. The monoisotopic (exact) mass is 317 g/mol. The van der Waals surface area contributed by atoms with Crippen LogP contribution in [0.4, 0.5) is 0 Å². The summed E-state index contributed by atoms with van der Waals surface area (Å²) in [6.45, 7) is 5.27. The molecule has 5 heteroatoms. The summed E-state index contributed by atoms with van der Waals surface area (Å²) in [5, 5.41) is 9.42. The Kier molecular flexibility index (Phi) is 4.28. The molecule has 1 aromatic carbocycles. The molecule has 1 heterocycles. The van der Waals surface area contributed by atoms with E-state index in [-0.39, 0.29) is 11.8 Å². The zero-order chi connectivity index (χ0) is 16.6. The summed E-state index contributed by atoms with van der Waals surface area (Å²) in [5.74, 6) is -0.00929. The number of carbonyl (C=O) groups excluding carboxylic acids is 1. The second kappa shape index (κ2) is 6.22. The molecule has 1 amide bonds. The first-order valence-corrected chi connectivity index (χ1v) is 8.26. The number of ether oxygens (including phenoxy) is 1. The van der Waals surface area contributed by atoms with Crippen molar-refractivity contribution in [2.75, 3.05) is 19.7 Å². The number of aryl methyl sites for hydroxylation is 1. The fourth-order valence-electron chi connectivity index (χ4n) is 3.48. The number of carboxylic acids is 1. The Hall–Kier alpha value is -2.04. The maximum atomic E-state index is 12.7. The van der Waals surface area contributed by atoms with Gasteiger partial charge in [-0.15, -0.1) is 0 Å². The van der Waals surface area contributed by atoms with Gasteiger partial charge in [0, 0.05) is 18.7 Å². The lowest BCUT2D eigenvalue weighted by Gasteiger charge is -2.17. The van der Waals surface area contributed by atoms with E-state index in [0.29, 0.717) is 36.9 Å². The minimum absolute atomic E-state index is 0.0969. The molecule has 1 saturated carbocycles. The van der Waals surface area contributed by atoms with Gasteiger partial charge in [-0.2, -0.15) is 0 Å². The molecule has 2 atom stereocenters. The van der Waals surface area contributed by atoms with Crippen LogP contribution in [-0.2, 0) is 4.79 Å². The molecule has 1 aliphatic carbocycles. The highest BCUT2D eigenvalue weighted by molar-refractivity contribution is 5.95. The van der Waals surface area contributed by atoms with E-state index in [4.69, 9.17) is 4.74 Å². The zero-order valence-electron chi connectivity index (χ0n) is 13.6. The molecule has 0 aromatic heterocycles. The molecule has 2 fully saturated rings. The van der Waals surface area contributed by atoms with Crippen LogP contribution in [-0.4, -0.2) is 41.6 Å². The van der Waals surface area contributed by atoms with Gasteiger partial charge in [0.05, 0.1) is 12.5 Å². The third-order valence-electron chi connectivity index (χ3n) is 4.93. The van der Waals surface area contributed by atoms with E-state index < -0.39 is 11.9 Å². The van der Waals surface area contributed by atoms with Crippen molar-refractivity contribution < 1.29 is 19.4 Å². The maximum absolute atomic E-state index is 12.7. The Morgan fingerprint density at radius 1 is 1.30 bits per heavy atom. The number of amides is 1. The second-order valence-electron chi connectivity index (χ2n) is 6.57. The molecule has 0 bridgehead atoms. The molecular formula is C18H23NO4. The molecule has 1 saturated heterocycles. The molecule has 1 aliphatic heterocycles. The molecule has 1 aromatic rings. The van der Waals surface area contributed by atoms with Gasteiger partial charge in [0.1, 0.15) is 5.75 Å². The van der Waals surface area contributed by atoms with E-state index in [2.05, 4.69) is 0 Å². The highest BCUT2D eigenvalue weighted by Gasteiger charge is 2.46. The fraction of sp³-hybridized carbons (Fsp3) is 0.556. The minimum atomic E-state index is -0.781. The van der Waals surface area contributed by atoms with Crippen LogP contribution in [0.3, 0.4) is 0 Å². The number of nitrogens with zero attached hydrogens (tertiary/aromatic N) is 1. The minimum Gasteiger partial charge on any atom is -0.494 e. The lowest BCUT2D eigenvalue weighted by molar-refractivity contribution is -0.142. The third-order valence-corrected chi connectivity index (χ3v) is 4.93. The maximum Gasteiger partial charge on any atom is 0.308 e. The average molecular weight is 317 g/mol. The molecule has 3 rings (SSSR count). The summed E-state index contributed by atoms with van der Waals surface area (Å²) < 4.78 is 5.55. The molecule has 124 valence electrons. The number of carboxylic acid groups (broad SMARTS) is 1. The van der Waals surface area contributed by atoms with E-state index in [1.54, 1.807) is 17.0 Å². The standard InChI is InChI=1S/C18H23NO4/c1-3-23-16-8-13(5-4-11(16)2)17(20)19-9-14(12-6-7-12)15(10-19)18(21)22/h4-5,8,12,14-15H,3,6-7,9-10H2,1-2H3,(H,21,22)/t14-,15+/m1/s1. The molecule has 5 nitrogen and oxygen atoms in total. The molecule has 1 N–H and O–H groups in total. The highest BCUT2D eigenvalue weighted by atomic mass is 16.5. The fourth-order valence-corrected chi connectivity index (χ4v) is 3.48. The molecule has 2 aliphatic rings. The Bertz CT molecular complexity index is 623. The number of hydrogen-bond acceptors (Lipinski definition) is 3. The van der Waals surface area contributed by atoms with Crippen LogP contribution >= 0.6 is 0 Å². The van der Waals surface area contributed by atoms with Crippen LogP contribution in [0.5, 0.6) is 5.75 Å². The summed E-state index contributed by atoms with van der Waals surface area (Å²) >= 11 is 0. The summed E-state index contributed by atoms with van der Waals surface area (Å²) in [4.78, 5) is 25.9. The van der Waals surface area contributed by atoms with Gasteiger partial charge in [-0.3, -0.25) is 9.59 Å². The van der Waals surface area contributed by atoms with Crippen LogP contribution in [0.25, 0.3) is 0 Å². The third kappa shape index (κ3) is 3.19. The summed E-state index contributed by atoms with van der Waals surface area (Å²) in [7, 11) is 0. The smallest absolute Gasteiger partial charge is 0.308 e. The van der Waals surface area contributed by atoms with Crippen LogP contribution in [0, 0.1) is 24.7 Å². The number of carbonyl (C=O) groups is 2. The molecule has 0 spiro atoms. The first-order valence-electron chi connectivity index (χ1n) is 8.26. The topological polar surface area (TPSA) is 66.8 Å². The molecular weight excluding hydrogens is 294 g/mol. The molecule has 0 radical (unpaired) electrons.